The van der Waals surface area contributed by atoms with E-state index in [1.54, 1.807) is 0 Å². The highest BCUT2D eigenvalue weighted by molar-refractivity contribution is 5.73. The monoisotopic (exact) mass is 315 g/mol. The quantitative estimate of drug-likeness (QED) is 0.852. The van der Waals surface area contributed by atoms with E-state index < -0.39 is 0 Å². The molecule has 0 spiro atoms. The van der Waals surface area contributed by atoms with Crippen molar-refractivity contribution in [1.29, 1.82) is 0 Å². The first-order chi connectivity index (χ1) is 11.2. The third-order valence-electron chi connectivity index (χ3n) is 4.40. The van der Waals surface area contributed by atoms with Gasteiger partial charge in [0.05, 0.1) is 5.69 Å². The highest BCUT2D eigenvalue weighted by atomic mass is 16.2. The first-order valence-electron chi connectivity index (χ1n) is 8.41. The summed E-state index contributed by atoms with van der Waals surface area (Å²) < 4.78 is 1.99. The zero-order valence-electron chi connectivity index (χ0n) is 13.7. The maximum atomic E-state index is 11.9. The first kappa shape index (κ1) is 15.8. The molecule has 0 saturated carbocycles. The first-order valence-corrected chi connectivity index (χ1v) is 8.41. The molecule has 2 N–H and O–H groups in total. The van der Waals surface area contributed by atoms with Gasteiger partial charge in [0.25, 0.3) is 0 Å². The molecule has 0 bridgehead atoms. The molecule has 0 radical (unpaired) electrons. The summed E-state index contributed by atoms with van der Waals surface area (Å²) in [7, 11) is 0. The lowest BCUT2D eigenvalue weighted by Gasteiger charge is -2.23. The molecule has 2 amide bonds. The fourth-order valence-corrected chi connectivity index (χ4v) is 3.03. The second-order valence-corrected chi connectivity index (χ2v) is 6.18. The predicted molar refractivity (Wildman–Crippen MR) is 90.6 cm³/mol. The molecular formula is C17H25N5O. The largest absolute Gasteiger partial charge is 0.338 e. The summed E-state index contributed by atoms with van der Waals surface area (Å²) in [6.07, 6.45) is 7.26. The van der Waals surface area contributed by atoms with Crippen LogP contribution in [-0.4, -0.2) is 52.5 Å². The lowest BCUT2D eigenvalue weighted by atomic mass is 10.3. The summed E-state index contributed by atoms with van der Waals surface area (Å²) in [5.41, 5.74) is 1.92. The van der Waals surface area contributed by atoms with Crippen molar-refractivity contribution in [3.63, 3.8) is 0 Å². The van der Waals surface area contributed by atoms with Crippen LogP contribution in [0.3, 0.4) is 0 Å². The Kier molecular flexibility index (Phi) is 5.12. The molecule has 0 aromatic carbocycles. The van der Waals surface area contributed by atoms with Crippen molar-refractivity contribution in [2.75, 3.05) is 26.2 Å². The Morgan fingerprint density at radius 2 is 2.13 bits per heavy atom. The summed E-state index contributed by atoms with van der Waals surface area (Å²) in [5.74, 6) is 0. The minimum absolute atomic E-state index is 0.0974. The molecule has 1 atom stereocenters. The van der Waals surface area contributed by atoms with Crippen LogP contribution in [0.15, 0.2) is 30.6 Å². The van der Waals surface area contributed by atoms with Gasteiger partial charge < -0.3 is 15.0 Å². The molecule has 6 heteroatoms. The van der Waals surface area contributed by atoms with Gasteiger partial charge in [0.15, 0.2) is 0 Å². The van der Waals surface area contributed by atoms with Gasteiger partial charge in [-0.15, -0.1) is 0 Å². The van der Waals surface area contributed by atoms with E-state index in [4.69, 9.17) is 0 Å². The van der Waals surface area contributed by atoms with Crippen LogP contribution in [0, 0.1) is 0 Å². The summed E-state index contributed by atoms with van der Waals surface area (Å²) >= 11 is 0. The lowest BCUT2D eigenvalue weighted by Crippen LogP contribution is -2.44. The van der Waals surface area contributed by atoms with E-state index in [0.29, 0.717) is 19.1 Å². The van der Waals surface area contributed by atoms with Crippen molar-refractivity contribution >= 4 is 11.7 Å². The van der Waals surface area contributed by atoms with E-state index in [-0.39, 0.29) is 6.03 Å². The number of amides is 2. The Labute approximate surface area is 136 Å². The fourth-order valence-electron chi connectivity index (χ4n) is 3.03. The number of hydrogen-bond donors (Lipinski definition) is 2. The zero-order valence-corrected chi connectivity index (χ0v) is 13.7. The Bertz CT molecular complexity index is 614. The zero-order chi connectivity index (χ0) is 16.1. The van der Waals surface area contributed by atoms with E-state index in [1.807, 2.05) is 35.0 Å². The Balaban J connectivity index is 1.37. The van der Waals surface area contributed by atoms with Gasteiger partial charge in [-0.3, -0.25) is 4.90 Å². The molecular weight excluding hydrogens is 290 g/mol. The fraction of sp³-hybridized carbons (Fsp3) is 0.529. The summed E-state index contributed by atoms with van der Waals surface area (Å²) in [6, 6.07) is 6.23. The third kappa shape index (κ3) is 4.22. The molecule has 124 valence electrons. The molecule has 0 aliphatic carbocycles. The van der Waals surface area contributed by atoms with Gasteiger partial charge in [0.1, 0.15) is 5.65 Å². The van der Waals surface area contributed by atoms with Crippen LogP contribution in [0.5, 0.6) is 0 Å². The average molecular weight is 315 g/mol. The molecule has 23 heavy (non-hydrogen) atoms. The van der Waals surface area contributed by atoms with Gasteiger partial charge in [-0.05, 0) is 45.0 Å². The standard InChI is InChI=1S/C17H25N5O/c1-14(21-9-4-5-10-21)12-19-17(23)18-8-7-15-13-22-11-3-2-6-16(22)20-15/h2-3,6,11,13-14H,4-5,7-10,12H2,1H3,(H2,18,19,23)/t14-/m0/s1. The van der Waals surface area contributed by atoms with Crippen LogP contribution in [0.4, 0.5) is 4.79 Å². The number of carbonyl (C=O) groups is 1. The molecule has 2 aromatic heterocycles. The van der Waals surface area contributed by atoms with Gasteiger partial charge in [0, 0.05) is 37.9 Å². The highest BCUT2D eigenvalue weighted by Gasteiger charge is 2.18. The molecule has 6 nitrogen and oxygen atoms in total. The number of nitrogens with one attached hydrogen (secondary N) is 2. The van der Waals surface area contributed by atoms with Crippen molar-refractivity contribution in [2.24, 2.45) is 0 Å². The van der Waals surface area contributed by atoms with Crippen molar-refractivity contribution in [3.8, 4) is 0 Å². The minimum Gasteiger partial charge on any atom is -0.338 e. The van der Waals surface area contributed by atoms with Crippen molar-refractivity contribution in [3.05, 3.63) is 36.3 Å². The molecule has 1 aliphatic heterocycles. The second kappa shape index (κ2) is 7.46. The number of hydrogen-bond acceptors (Lipinski definition) is 3. The van der Waals surface area contributed by atoms with Gasteiger partial charge >= 0.3 is 6.03 Å². The topological polar surface area (TPSA) is 61.7 Å². The summed E-state index contributed by atoms with van der Waals surface area (Å²) in [4.78, 5) is 18.8. The number of urea groups is 1. The van der Waals surface area contributed by atoms with Gasteiger partial charge in [0.2, 0.25) is 0 Å². The maximum absolute atomic E-state index is 11.9. The Morgan fingerprint density at radius 3 is 2.91 bits per heavy atom. The van der Waals surface area contributed by atoms with Crippen molar-refractivity contribution < 1.29 is 4.79 Å². The van der Waals surface area contributed by atoms with Crippen LogP contribution < -0.4 is 10.6 Å². The summed E-state index contributed by atoms with van der Waals surface area (Å²) in [6.45, 7) is 5.76. The van der Waals surface area contributed by atoms with Gasteiger partial charge in [-0.1, -0.05) is 6.07 Å². The normalized spacial score (nSPS) is 16.6. The smallest absolute Gasteiger partial charge is 0.314 e. The van der Waals surface area contributed by atoms with Crippen LogP contribution in [-0.2, 0) is 6.42 Å². The van der Waals surface area contributed by atoms with Crippen LogP contribution in [0.1, 0.15) is 25.5 Å². The molecule has 1 fully saturated rings. The molecule has 1 saturated heterocycles. The highest BCUT2D eigenvalue weighted by Crippen LogP contribution is 2.10. The number of imidazole rings is 1. The van der Waals surface area contributed by atoms with Gasteiger partial charge in [-0.2, -0.15) is 0 Å². The molecule has 3 rings (SSSR count). The van der Waals surface area contributed by atoms with Crippen LogP contribution in [0.25, 0.3) is 5.65 Å². The van der Waals surface area contributed by atoms with Gasteiger partial charge in [-0.25, -0.2) is 9.78 Å². The average Bonchev–Trinajstić information content (AvgIpc) is 3.21. The maximum Gasteiger partial charge on any atom is 0.314 e. The lowest BCUT2D eigenvalue weighted by molar-refractivity contribution is 0.226. The van der Waals surface area contributed by atoms with Crippen molar-refractivity contribution in [1.82, 2.24) is 24.9 Å². The second-order valence-electron chi connectivity index (χ2n) is 6.18. The van der Waals surface area contributed by atoms with E-state index in [1.165, 1.54) is 12.8 Å². The van der Waals surface area contributed by atoms with E-state index in [0.717, 1.165) is 30.9 Å². The Hall–Kier alpha value is -2.08. The molecule has 2 aromatic rings. The number of aromatic nitrogens is 2. The molecule has 1 aliphatic rings. The molecule has 0 unspecified atom stereocenters. The SMILES string of the molecule is C[C@@H](CNC(=O)NCCc1cn2ccccc2n1)N1CCCC1. The predicted octanol–water partition coefficient (Wildman–Crippen LogP) is 1.66. The number of rotatable bonds is 6. The van der Waals surface area contributed by atoms with E-state index in [2.05, 4.69) is 27.4 Å². The minimum atomic E-state index is -0.0974. The number of carbonyl (C=O) groups excluding carboxylic acids is 1. The van der Waals surface area contributed by atoms with Crippen molar-refractivity contribution in [2.45, 2.75) is 32.2 Å². The number of nitrogens with zero attached hydrogens (tertiary/aromatic N) is 3. The van der Waals surface area contributed by atoms with Crippen LogP contribution in [0.2, 0.25) is 0 Å². The summed E-state index contributed by atoms with van der Waals surface area (Å²) in [5, 5.41) is 5.86. The molecule has 3 heterocycles. The van der Waals surface area contributed by atoms with Crippen LogP contribution >= 0.6 is 0 Å². The number of fused-ring (bicyclic) bond motifs is 1. The number of likely N-dealkylation sites (tertiary alicyclic amines) is 1. The number of pyridine rings is 1. The van der Waals surface area contributed by atoms with E-state index >= 15 is 0 Å². The Morgan fingerprint density at radius 1 is 1.30 bits per heavy atom. The van der Waals surface area contributed by atoms with E-state index in [9.17, 15) is 4.79 Å². The third-order valence-corrected chi connectivity index (χ3v) is 4.40.